The highest BCUT2D eigenvalue weighted by Gasteiger charge is 2.29. The van der Waals surface area contributed by atoms with Gasteiger partial charge in [-0.05, 0) is 30.2 Å². The second-order valence-corrected chi connectivity index (χ2v) is 9.67. The maximum Gasteiger partial charge on any atom is 0.343 e. The van der Waals surface area contributed by atoms with E-state index in [1.165, 1.54) is 14.0 Å². The topological polar surface area (TPSA) is 94.5 Å². The van der Waals surface area contributed by atoms with E-state index in [0.29, 0.717) is 33.7 Å². The molecule has 0 amide bonds. The number of nitrogens with zero attached hydrogens (tertiary/aromatic N) is 2. The number of carbonyl (C=O) groups excluding carboxylic acids is 1. The number of hydrogen-bond donors (Lipinski definition) is 2. The fraction of sp³-hybridized carbons (Fsp3) is 0.156. The SMILES string of the molecule is CCOC(=O)c1cn(-c2nc(NCc3ccc(OC)cc3)c(F)cc2F)c2c(F)c(F)c(F)c(NCc3ccccc3)c2c1=O. The largest absolute Gasteiger partial charge is 0.497 e. The fourth-order valence-electron chi connectivity index (χ4n) is 4.63. The first-order valence-electron chi connectivity index (χ1n) is 13.6. The second kappa shape index (κ2) is 13.0. The molecule has 45 heavy (non-hydrogen) atoms. The molecule has 0 saturated carbocycles. The first-order valence-corrected chi connectivity index (χ1v) is 13.6. The molecular formula is C32H25F5N4O4. The van der Waals surface area contributed by atoms with Crippen LogP contribution in [0, 0.1) is 29.1 Å². The van der Waals surface area contributed by atoms with Crippen LogP contribution in [0.1, 0.15) is 28.4 Å². The van der Waals surface area contributed by atoms with Crippen molar-refractivity contribution < 1.29 is 36.2 Å². The lowest BCUT2D eigenvalue weighted by Crippen LogP contribution is -2.24. The molecule has 5 rings (SSSR count). The Labute approximate surface area is 253 Å². The molecule has 0 atom stereocenters. The highest BCUT2D eigenvalue weighted by Crippen LogP contribution is 2.33. The van der Waals surface area contributed by atoms with Crippen molar-refractivity contribution in [3.05, 3.63) is 123 Å². The summed E-state index contributed by atoms with van der Waals surface area (Å²) in [7, 11) is 1.49. The van der Waals surface area contributed by atoms with Gasteiger partial charge >= 0.3 is 5.97 Å². The third kappa shape index (κ3) is 6.14. The molecule has 0 saturated heterocycles. The molecule has 13 heteroatoms. The zero-order valence-corrected chi connectivity index (χ0v) is 23.9. The van der Waals surface area contributed by atoms with E-state index in [2.05, 4.69) is 15.6 Å². The minimum atomic E-state index is -1.98. The zero-order valence-electron chi connectivity index (χ0n) is 23.9. The molecule has 2 aromatic heterocycles. The molecule has 0 fully saturated rings. The van der Waals surface area contributed by atoms with Crippen molar-refractivity contribution in [2.45, 2.75) is 20.0 Å². The van der Waals surface area contributed by atoms with Crippen LogP contribution in [0.3, 0.4) is 0 Å². The van der Waals surface area contributed by atoms with Crippen LogP contribution in [0.4, 0.5) is 33.5 Å². The Morgan fingerprint density at radius 2 is 1.53 bits per heavy atom. The number of anilines is 2. The highest BCUT2D eigenvalue weighted by atomic mass is 19.2. The van der Waals surface area contributed by atoms with Crippen LogP contribution < -0.4 is 20.8 Å². The Kier molecular flexibility index (Phi) is 8.98. The lowest BCUT2D eigenvalue weighted by Gasteiger charge is -2.19. The smallest absolute Gasteiger partial charge is 0.343 e. The minimum absolute atomic E-state index is 0.0136. The van der Waals surface area contributed by atoms with Crippen molar-refractivity contribution in [2.24, 2.45) is 0 Å². The summed E-state index contributed by atoms with van der Waals surface area (Å²) in [5.74, 6) is -9.98. The fourth-order valence-corrected chi connectivity index (χ4v) is 4.63. The predicted molar refractivity (Wildman–Crippen MR) is 157 cm³/mol. The van der Waals surface area contributed by atoms with Gasteiger partial charge in [-0.1, -0.05) is 42.5 Å². The van der Waals surface area contributed by atoms with Crippen LogP contribution in [0.5, 0.6) is 5.75 Å². The van der Waals surface area contributed by atoms with Crippen molar-refractivity contribution in [1.29, 1.82) is 0 Å². The number of rotatable bonds is 10. The average Bonchev–Trinajstić information content (AvgIpc) is 3.04. The van der Waals surface area contributed by atoms with Gasteiger partial charge in [0.15, 0.2) is 40.7 Å². The Bertz CT molecular complexity index is 1950. The van der Waals surface area contributed by atoms with E-state index in [1.807, 2.05) is 0 Å². The van der Waals surface area contributed by atoms with E-state index < -0.39 is 74.3 Å². The Morgan fingerprint density at radius 1 is 0.867 bits per heavy atom. The number of benzene rings is 3. The third-order valence-corrected chi connectivity index (χ3v) is 6.84. The summed E-state index contributed by atoms with van der Waals surface area (Å²) in [6.07, 6.45) is 0.695. The number of esters is 1. The summed E-state index contributed by atoms with van der Waals surface area (Å²) < 4.78 is 86.8. The minimum Gasteiger partial charge on any atom is -0.497 e. The summed E-state index contributed by atoms with van der Waals surface area (Å²) in [5.41, 5.74) is -2.43. The van der Waals surface area contributed by atoms with Crippen molar-refractivity contribution >= 4 is 28.4 Å². The van der Waals surface area contributed by atoms with E-state index >= 15 is 17.6 Å². The van der Waals surface area contributed by atoms with Crippen LogP contribution in [-0.2, 0) is 17.8 Å². The first-order chi connectivity index (χ1) is 21.6. The van der Waals surface area contributed by atoms with Gasteiger partial charge in [0.2, 0.25) is 5.43 Å². The van der Waals surface area contributed by atoms with Crippen LogP contribution in [-0.4, -0.2) is 29.2 Å². The molecule has 8 nitrogen and oxygen atoms in total. The number of hydrogen-bond acceptors (Lipinski definition) is 7. The number of methoxy groups -OCH3 is 1. The van der Waals surface area contributed by atoms with Crippen LogP contribution in [0.15, 0.2) is 71.7 Å². The summed E-state index contributed by atoms with van der Waals surface area (Å²) in [6.45, 7) is 1.16. The lowest BCUT2D eigenvalue weighted by atomic mass is 10.1. The molecule has 0 unspecified atom stereocenters. The molecule has 3 aromatic carbocycles. The molecule has 0 bridgehead atoms. The monoisotopic (exact) mass is 624 g/mol. The first kappa shape index (κ1) is 31.0. The van der Waals surface area contributed by atoms with E-state index in [-0.39, 0.29) is 19.7 Å². The van der Waals surface area contributed by atoms with Gasteiger partial charge in [-0.25, -0.2) is 31.7 Å². The van der Waals surface area contributed by atoms with Gasteiger partial charge in [0.1, 0.15) is 11.3 Å². The van der Waals surface area contributed by atoms with Gasteiger partial charge in [0, 0.05) is 25.4 Å². The molecule has 0 spiro atoms. The van der Waals surface area contributed by atoms with Crippen molar-refractivity contribution in [2.75, 3.05) is 24.4 Å². The second-order valence-electron chi connectivity index (χ2n) is 9.67. The number of ether oxygens (including phenoxy) is 2. The van der Waals surface area contributed by atoms with Gasteiger partial charge in [0.25, 0.3) is 0 Å². The van der Waals surface area contributed by atoms with Gasteiger partial charge in [-0.15, -0.1) is 0 Å². The van der Waals surface area contributed by atoms with Gasteiger partial charge in [0.05, 0.1) is 30.3 Å². The lowest BCUT2D eigenvalue weighted by molar-refractivity contribution is 0.0524. The normalized spacial score (nSPS) is 11.0. The molecule has 232 valence electrons. The van der Waals surface area contributed by atoms with Gasteiger partial charge in [-0.2, -0.15) is 0 Å². The Morgan fingerprint density at radius 3 is 2.20 bits per heavy atom. The van der Waals surface area contributed by atoms with E-state index in [0.717, 1.165) is 0 Å². The van der Waals surface area contributed by atoms with Crippen molar-refractivity contribution in [1.82, 2.24) is 9.55 Å². The standard InChI is InChI=1S/C32H25F5N4O4/c1-3-45-32(43)20-16-41(31-22(34)13-21(33)30(40-31)39-15-18-9-11-19(44-2)12-10-18)28-23(29(20)42)27(25(36)24(35)26(28)37)38-14-17-7-5-4-6-8-17/h4-13,16,38H,3,14-15H2,1-2H3,(H,39,40). The highest BCUT2D eigenvalue weighted by molar-refractivity contribution is 5.99. The number of fused-ring (bicyclic) bond motifs is 1. The number of nitrogens with one attached hydrogen (secondary N) is 2. The van der Waals surface area contributed by atoms with E-state index in [9.17, 15) is 14.0 Å². The molecule has 0 aliphatic rings. The summed E-state index contributed by atoms with van der Waals surface area (Å²) in [6, 6.07) is 15.6. The molecule has 2 N–H and O–H groups in total. The maximum atomic E-state index is 15.6. The average molecular weight is 625 g/mol. The van der Waals surface area contributed by atoms with Crippen molar-refractivity contribution in [3.8, 4) is 11.6 Å². The zero-order chi connectivity index (χ0) is 32.2. The van der Waals surface area contributed by atoms with E-state index in [1.54, 1.807) is 54.6 Å². The molecule has 0 radical (unpaired) electrons. The number of carbonyl (C=O) groups is 1. The van der Waals surface area contributed by atoms with Crippen molar-refractivity contribution in [3.63, 3.8) is 0 Å². The molecular weight excluding hydrogens is 599 g/mol. The summed E-state index contributed by atoms with van der Waals surface area (Å²) in [5, 5.41) is 4.49. The predicted octanol–water partition coefficient (Wildman–Crippen LogP) is 6.49. The Hall–Kier alpha value is -5.46. The van der Waals surface area contributed by atoms with Gasteiger partial charge < -0.3 is 20.1 Å². The third-order valence-electron chi connectivity index (χ3n) is 6.84. The Balaban J connectivity index is 1.71. The summed E-state index contributed by atoms with van der Waals surface area (Å²) >= 11 is 0. The van der Waals surface area contributed by atoms with E-state index in [4.69, 9.17) is 9.47 Å². The molecule has 2 heterocycles. The van der Waals surface area contributed by atoms with Crippen LogP contribution >= 0.6 is 0 Å². The van der Waals surface area contributed by atoms with Crippen LogP contribution in [0.25, 0.3) is 16.7 Å². The summed E-state index contributed by atoms with van der Waals surface area (Å²) in [4.78, 5) is 30.4. The number of aromatic nitrogens is 2. The molecule has 5 aromatic rings. The number of halogens is 5. The molecule has 0 aliphatic carbocycles. The quantitative estimate of drug-likeness (QED) is 0.104. The molecule has 0 aliphatic heterocycles. The van der Waals surface area contributed by atoms with Gasteiger partial charge in [-0.3, -0.25) is 9.36 Å². The number of pyridine rings is 2. The maximum absolute atomic E-state index is 15.6. The van der Waals surface area contributed by atoms with Crippen LogP contribution in [0.2, 0.25) is 0 Å².